The predicted octanol–water partition coefficient (Wildman–Crippen LogP) is 3.09. The van der Waals surface area contributed by atoms with E-state index in [1.807, 2.05) is 19.0 Å². The molecule has 0 saturated carbocycles. The summed E-state index contributed by atoms with van der Waals surface area (Å²) in [6.07, 6.45) is 2.17. The van der Waals surface area contributed by atoms with Crippen molar-refractivity contribution in [1.82, 2.24) is 10.2 Å². The molecule has 1 atom stereocenters. The SMILES string of the molecule is COc1ccc(Cl)cc1NC(=O)C(=O)NCC(c1ccc2c(c1)CCCN2C)N(C)C. The first-order valence-electron chi connectivity index (χ1n) is 10.2. The first-order valence-corrected chi connectivity index (χ1v) is 10.6. The van der Waals surface area contributed by atoms with E-state index in [1.54, 1.807) is 18.2 Å². The number of fused-ring (bicyclic) bond motifs is 1. The number of carbonyl (C=O) groups is 2. The molecule has 2 aromatic rings. The average Bonchev–Trinajstić information content (AvgIpc) is 2.73. The summed E-state index contributed by atoms with van der Waals surface area (Å²) in [6, 6.07) is 11.2. The Hall–Kier alpha value is -2.77. The molecule has 2 N–H and O–H groups in total. The Labute approximate surface area is 188 Å². The topological polar surface area (TPSA) is 73.9 Å². The first-order chi connectivity index (χ1) is 14.8. The van der Waals surface area contributed by atoms with Crippen LogP contribution in [0.25, 0.3) is 0 Å². The van der Waals surface area contributed by atoms with Crippen LogP contribution in [0.4, 0.5) is 11.4 Å². The van der Waals surface area contributed by atoms with Gasteiger partial charge in [-0.2, -0.15) is 0 Å². The van der Waals surface area contributed by atoms with Gasteiger partial charge in [0.05, 0.1) is 18.8 Å². The number of amides is 2. The van der Waals surface area contributed by atoms with Gasteiger partial charge in [0.25, 0.3) is 0 Å². The van der Waals surface area contributed by atoms with E-state index in [2.05, 4.69) is 40.8 Å². The minimum absolute atomic E-state index is 0.0602. The van der Waals surface area contributed by atoms with Crippen molar-refractivity contribution in [2.75, 3.05) is 51.6 Å². The molecule has 0 aliphatic carbocycles. The normalized spacial score (nSPS) is 14.1. The largest absolute Gasteiger partial charge is 0.495 e. The van der Waals surface area contributed by atoms with E-state index in [0.29, 0.717) is 23.0 Å². The van der Waals surface area contributed by atoms with Crippen LogP contribution in [-0.4, -0.2) is 58.1 Å². The molecule has 1 unspecified atom stereocenters. The second-order valence-corrected chi connectivity index (χ2v) is 8.34. The summed E-state index contributed by atoms with van der Waals surface area (Å²) in [7, 11) is 7.50. The molecule has 2 aromatic carbocycles. The summed E-state index contributed by atoms with van der Waals surface area (Å²) in [5.41, 5.74) is 4.02. The van der Waals surface area contributed by atoms with Crippen molar-refractivity contribution < 1.29 is 14.3 Å². The molecule has 0 spiro atoms. The number of nitrogens with one attached hydrogen (secondary N) is 2. The molecule has 7 nitrogen and oxygen atoms in total. The van der Waals surface area contributed by atoms with E-state index < -0.39 is 11.8 Å². The zero-order valence-corrected chi connectivity index (χ0v) is 19.1. The number of anilines is 2. The van der Waals surface area contributed by atoms with Crippen LogP contribution in [0.5, 0.6) is 5.75 Å². The molecule has 0 bridgehead atoms. The van der Waals surface area contributed by atoms with E-state index in [1.165, 1.54) is 18.4 Å². The van der Waals surface area contributed by atoms with Crippen molar-refractivity contribution in [3.63, 3.8) is 0 Å². The third-order valence-electron chi connectivity index (χ3n) is 5.53. The molecule has 1 aliphatic rings. The lowest BCUT2D eigenvalue weighted by Crippen LogP contribution is -2.40. The Morgan fingerprint density at radius 1 is 1.19 bits per heavy atom. The smallest absolute Gasteiger partial charge is 0.313 e. The van der Waals surface area contributed by atoms with Gasteiger partial charge in [0.15, 0.2) is 0 Å². The number of ether oxygens (including phenoxy) is 1. The molecule has 0 saturated heterocycles. The van der Waals surface area contributed by atoms with E-state index in [9.17, 15) is 9.59 Å². The number of nitrogens with zero attached hydrogens (tertiary/aromatic N) is 2. The molecule has 1 aliphatic heterocycles. The summed E-state index contributed by atoms with van der Waals surface area (Å²) < 4.78 is 5.21. The monoisotopic (exact) mass is 444 g/mol. The maximum atomic E-state index is 12.4. The minimum atomic E-state index is -0.773. The van der Waals surface area contributed by atoms with Gasteiger partial charge in [-0.15, -0.1) is 0 Å². The van der Waals surface area contributed by atoms with Gasteiger partial charge in [-0.25, -0.2) is 0 Å². The highest BCUT2D eigenvalue weighted by molar-refractivity contribution is 6.40. The van der Waals surface area contributed by atoms with Gasteiger partial charge >= 0.3 is 11.8 Å². The molecule has 0 aromatic heterocycles. The number of methoxy groups -OCH3 is 1. The van der Waals surface area contributed by atoms with Crippen molar-refractivity contribution >= 4 is 34.8 Å². The molecule has 1 heterocycles. The quantitative estimate of drug-likeness (QED) is 0.670. The van der Waals surface area contributed by atoms with Gasteiger partial charge in [-0.05, 0) is 62.3 Å². The van der Waals surface area contributed by atoms with Crippen molar-refractivity contribution in [2.24, 2.45) is 0 Å². The van der Waals surface area contributed by atoms with Crippen molar-refractivity contribution in [1.29, 1.82) is 0 Å². The minimum Gasteiger partial charge on any atom is -0.495 e. The Morgan fingerprint density at radius 2 is 1.97 bits per heavy atom. The van der Waals surface area contributed by atoms with Crippen LogP contribution in [0.3, 0.4) is 0 Å². The van der Waals surface area contributed by atoms with Gasteiger partial charge in [-0.3, -0.25) is 9.59 Å². The van der Waals surface area contributed by atoms with Gasteiger partial charge in [0.1, 0.15) is 5.75 Å². The van der Waals surface area contributed by atoms with Crippen LogP contribution in [-0.2, 0) is 16.0 Å². The highest BCUT2D eigenvalue weighted by Crippen LogP contribution is 2.30. The molecule has 2 amide bonds. The van der Waals surface area contributed by atoms with Gasteiger partial charge in [-0.1, -0.05) is 23.7 Å². The standard InChI is InChI=1S/C23H29ClN4O3/c1-27(2)20(16-7-9-19-15(12-16)6-5-11-28(19)3)14-25-22(29)23(30)26-18-13-17(24)8-10-21(18)31-4/h7-10,12-13,20H,5-6,11,14H2,1-4H3,(H,25,29)(H,26,30). The van der Waals surface area contributed by atoms with Gasteiger partial charge in [0.2, 0.25) is 0 Å². The number of benzene rings is 2. The number of carbonyl (C=O) groups excluding carboxylic acids is 2. The zero-order chi connectivity index (χ0) is 22.5. The highest BCUT2D eigenvalue weighted by Gasteiger charge is 2.22. The molecular weight excluding hydrogens is 416 g/mol. The molecule has 0 radical (unpaired) electrons. The second kappa shape index (κ2) is 10.0. The van der Waals surface area contributed by atoms with E-state index in [0.717, 1.165) is 24.9 Å². The maximum Gasteiger partial charge on any atom is 0.313 e. The summed E-state index contributed by atoms with van der Waals surface area (Å²) in [6.45, 7) is 1.37. The highest BCUT2D eigenvalue weighted by atomic mass is 35.5. The molecule has 8 heteroatoms. The van der Waals surface area contributed by atoms with Crippen LogP contribution in [0, 0.1) is 0 Å². The second-order valence-electron chi connectivity index (χ2n) is 7.90. The number of hydrogen-bond acceptors (Lipinski definition) is 5. The van der Waals surface area contributed by atoms with Crippen LogP contribution < -0.4 is 20.3 Å². The van der Waals surface area contributed by atoms with Crippen molar-refractivity contribution in [2.45, 2.75) is 18.9 Å². The third kappa shape index (κ3) is 5.48. The number of hydrogen-bond donors (Lipinski definition) is 2. The molecule has 3 rings (SSSR count). The van der Waals surface area contributed by atoms with Crippen molar-refractivity contribution in [3.8, 4) is 5.75 Å². The van der Waals surface area contributed by atoms with Crippen LogP contribution >= 0.6 is 11.6 Å². The molecule has 166 valence electrons. The predicted molar refractivity (Wildman–Crippen MR) is 124 cm³/mol. The summed E-state index contributed by atoms with van der Waals surface area (Å²) in [4.78, 5) is 29.1. The Kier molecular flexibility index (Phi) is 7.41. The van der Waals surface area contributed by atoms with Crippen LogP contribution in [0.15, 0.2) is 36.4 Å². The lowest BCUT2D eigenvalue weighted by molar-refractivity contribution is -0.136. The Balaban J connectivity index is 1.67. The summed E-state index contributed by atoms with van der Waals surface area (Å²) in [5.74, 6) is -1.06. The summed E-state index contributed by atoms with van der Waals surface area (Å²) >= 11 is 5.99. The Morgan fingerprint density at radius 3 is 2.68 bits per heavy atom. The maximum absolute atomic E-state index is 12.4. The van der Waals surface area contributed by atoms with Crippen LogP contribution in [0.2, 0.25) is 5.02 Å². The average molecular weight is 445 g/mol. The first kappa shape index (κ1) is 22.9. The molecule has 31 heavy (non-hydrogen) atoms. The fourth-order valence-corrected chi connectivity index (χ4v) is 4.01. The number of halogens is 1. The van der Waals surface area contributed by atoms with E-state index >= 15 is 0 Å². The summed E-state index contributed by atoms with van der Waals surface area (Å²) in [5, 5.41) is 5.74. The number of aryl methyl sites for hydroxylation is 1. The van der Waals surface area contributed by atoms with Gasteiger partial charge < -0.3 is 25.2 Å². The van der Waals surface area contributed by atoms with E-state index in [-0.39, 0.29) is 6.04 Å². The molecule has 0 fully saturated rings. The fraction of sp³-hybridized carbons (Fsp3) is 0.391. The van der Waals surface area contributed by atoms with E-state index in [4.69, 9.17) is 16.3 Å². The lowest BCUT2D eigenvalue weighted by Gasteiger charge is -2.30. The fourth-order valence-electron chi connectivity index (χ4n) is 3.84. The zero-order valence-electron chi connectivity index (χ0n) is 18.4. The van der Waals surface area contributed by atoms with Crippen molar-refractivity contribution in [3.05, 3.63) is 52.5 Å². The number of rotatable bonds is 6. The number of likely N-dealkylation sites (N-methyl/N-ethyl adjacent to an activating group) is 1. The van der Waals surface area contributed by atoms with Crippen LogP contribution in [0.1, 0.15) is 23.6 Å². The Bertz CT molecular complexity index is 964. The van der Waals surface area contributed by atoms with Gasteiger partial charge in [0, 0.05) is 30.8 Å². The lowest BCUT2D eigenvalue weighted by atomic mass is 9.96. The molecular formula is C23H29ClN4O3. The third-order valence-corrected chi connectivity index (χ3v) is 5.77.